The van der Waals surface area contributed by atoms with Crippen LogP contribution >= 0.6 is 0 Å². The Morgan fingerprint density at radius 1 is 1.48 bits per heavy atom. The van der Waals surface area contributed by atoms with Crippen molar-refractivity contribution in [1.82, 2.24) is 0 Å². The summed E-state index contributed by atoms with van der Waals surface area (Å²) in [5, 5.41) is 25.2. The van der Waals surface area contributed by atoms with Crippen molar-refractivity contribution >= 4 is 27.4 Å². The monoisotopic (exact) mass is 315 g/mol. The molecule has 1 heterocycles. The molecule has 9 nitrogen and oxygen atoms in total. The number of nitro benzene ring substituents is 1. The summed E-state index contributed by atoms with van der Waals surface area (Å²) in [7, 11) is -4.07. The predicted molar refractivity (Wildman–Crippen MR) is 72.5 cm³/mol. The van der Waals surface area contributed by atoms with E-state index >= 15 is 0 Å². The van der Waals surface area contributed by atoms with Gasteiger partial charge < -0.3 is 10.0 Å². The third-order valence-electron chi connectivity index (χ3n) is 3.32. The Morgan fingerprint density at radius 3 is 2.67 bits per heavy atom. The largest absolute Gasteiger partial charge is 0.480 e. The van der Waals surface area contributed by atoms with Crippen LogP contribution in [0, 0.1) is 10.1 Å². The van der Waals surface area contributed by atoms with Crippen molar-refractivity contribution in [1.29, 1.82) is 0 Å². The highest BCUT2D eigenvalue weighted by Gasteiger charge is 2.34. The van der Waals surface area contributed by atoms with Gasteiger partial charge in [-0.25, -0.2) is 18.4 Å². The number of hydrogen-bond acceptors (Lipinski definition) is 6. The Morgan fingerprint density at radius 2 is 2.14 bits per heavy atom. The fourth-order valence-corrected chi connectivity index (χ4v) is 2.91. The highest BCUT2D eigenvalue weighted by Crippen LogP contribution is 2.35. The zero-order valence-corrected chi connectivity index (χ0v) is 11.6. The molecule has 0 spiro atoms. The van der Waals surface area contributed by atoms with Crippen molar-refractivity contribution in [3.05, 3.63) is 28.3 Å². The molecule has 1 fully saturated rings. The topological polar surface area (TPSA) is 144 Å². The van der Waals surface area contributed by atoms with Crippen LogP contribution in [0.25, 0.3) is 0 Å². The predicted octanol–water partition coefficient (Wildman–Crippen LogP) is 0.296. The van der Waals surface area contributed by atoms with Gasteiger partial charge in [0.25, 0.3) is 5.69 Å². The Bertz CT molecular complexity index is 702. The summed E-state index contributed by atoms with van der Waals surface area (Å²) in [5.41, 5.74) is -0.396. The van der Waals surface area contributed by atoms with Crippen LogP contribution in [-0.4, -0.2) is 37.0 Å². The van der Waals surface area contributed by atoms with Gasteiger partial charge in [0.15, 0.2) is 0 Å². The van der Waals surface area contributed by atoms with Gasteiger partial charge in [-0.2, -0.15) is 0 Å². The van der Waals surface area contributed by atoms with E-state index in [1.807, 2.05) is 0 Å². The molecule has 1 saturated heterocycles. The average molecular weight is 315 g/mol. The summed E-state index contributed by atoms with van der Waals surface area (Å²) in [5.74, 6) is -1.07. The first kappa shape index (κ1) is 15.2. The summed E-state index contributed by atoms with van der Waals surface area (Å²) in [4.78, 5) is 22.6. The van der Waals surface area contributed by atoms with Gasteiger partial charge in [-0.05, 0) is 25.0 Å². The lowest BCUT2D eigenvalue weighted by atomic mass is 10.2. The first-order valence-corrected chi connectivity index (χ1v) is 7.57. The van der Waals surface area contributed by atoms with Crippen molar-refractivity contribution in [2.75, 3.05) is 11.4 Å². The van der Waals surface area contributed by atoms with Crippen LogP contribution < -0.4 is 10.0 Å². The maximum atomic E-state index is 11.3. The maximum Gasteiger partial charge on any atom is 0.326 e. The number of carboxylic acid groups (broad SMARTS) is 1. The van der Waals surface area contributed by atoms with Gasteiger partial charge in [0.2, 0.25) is 10.0 Å². The van der Waals surface area contributed by atoms with Crippen molar-refractivity contribution in [2.45, 2.75) is 23.8 Å². The minimum atomic E-state index is -4.07. The first-order valence-electron chi connectivity index (χ1n) is 6.02. The summed E-state index contributed by atoms with van der Waals surface area (Å²) in [6.45, 7) is 0.354. The maximum absolute atomic E-state index is 11.3. The van der Waals surface area contributed by atoms with Gasteiger partial charge in [-0.3, -0.25) is 10.1 Å². The Hall–Kier alpha value is -2.20. The molecule has 3 N–H and O–H groups in total. The smallest absolute Gasteiger partial charge is 0.326 e. The van der Waals surface area contributed by atoms with Gasteiger partial charge in [0.05, 0.1) is 9.82 Å². The molecule has 1 aliphatic heterocycles. The van der Waals surface area contributed by atoms with Crippen LogP contribution in [0.3, 0.4) is 0 Å². The lowest BCUT2D eigenvalue weighted by Gasteiger charge is -2.23. The van der Waals surface area contributed by atoms with Crippen molar-refractivity contribution in [2.24, 2.45) is 5.14 Å². The van der Waals surface area contributed by atoms with Gasteiger partial charge in [-0.1, -0.05) is 0 Å². The fourth-order valence-electron chi connectivity index (χ4n) is 2.38. The second kappa shape index (κ2) is 5.30. The number of aliphatic carboxylic acids is 1. The highest BCUT2D eigenvalue weighted by atomic mass is 32.2. The van der Waals surface area contributed by atoms with E-state index in [4.69, 9.17) is 10.2 Å². The summed E-state index contributed by atoms with van der Waals surface area (Å²) in [6, 6.07) is 2.35. The normalized spacial score (nSPS) is 18.7. The molecule has 1 aromatic rings. The number of nitrogens with zero attached hydrogens (tertiary/aromatic N) is 2. The number of sulfonamides is 1. The van der Waals surface area contributed by atoms with Crippen LogP contribution in [0.15, 0.2) is 23.1 Å². The molecule has 0 radical (unpaired) electrons. The quantitative estimate of drug-likeness (QED) is 0.600. The Balaban J connectivity index is 2.54. The molecular weight excluding hydrogens is 302 g/mol. The minimum absolute atomic E-state index is 0.0808. The molecule has 21 heavy (non-hydrogen) atoms. The SMILES string of the molecule is NS(=O)(=O)c1ccc(N2CCC[C@H]2C(=O)O)c([N+](=O)[O-])c1. The molecule has 2 rings (SSSR count). The van der Waals surface area contributed by atoms with Gasteiger partial charge in [0.1, 0.15) is 11.7 Å². The molecule has 0 aliphatic carbocycles. The third kappa shape index (κ3) is 2.95. The number of benzene rings is 1. The van der Waals surface area contributed by atoms with E-state index in [9.17, 15) is 23.3 Å². The second-order valence-electron chi connectivity index (χ2n) is 4.64. The Kier molecular flexibility index (Phi) is 3.83. The number of hydrogen-bond donors (Lipinski definition) is 2. The van der Waals surface area contributed by atoms with E-state index in [0.717, 1.165) is 12.1 Å². The van der Waals surface area contributed by atoms with E-state index in [-0.39, 0.29) is 10.6 Å². The molecule has 10 heteroatoms. The molecule has 0 amide bonds. The van der Waals surface area contributed by atoms with Gasteiger partial charge in [0, 0.05) is 12.6 Å². The van der Waals surface area contributed by atoms with E-state index in [1.165, 1.54) is 11.0 Å². The zero-order valence-electron chi connectivity index (χ0n) is 10.8. The number of carbonyl (C=O) groups is 1. The fraction of sp³-hybridized carbons (Fsp3) is 0.364. The van der Waals surface area contributed by atoms with Gasteiger partial charge in [-0.15, -0.1) is 0 Å². The van der Waals surface area contributed by atoms with Crippen LogP contribution in [0.4, 0.5) is 11.4 Å². The number of rotatable bonds is 4. The van der Waals surface area contributed by atoms with Crippen molar-refractivity contribution in [3.63, 3.8) is 0 Å². The molecule has 1 aromatic carbocycles. The van der Waals surface area contributed by atoms with E-state index < -0.39 is 32.6 Å². The lowest BCUT2D eigenvalue weighted by Crippen LogP contribution is -2.36. The van der Waals surface area contributed by atoms with Crippen LogP contribution in [0.5, 0.6) is 0 Å². The minimum Gasteiger partial charge on any atom is -0.480 e. The third-order valence-corrected chi connectivity index (χ3v) is 4.23. The summed E-state index contributed by atoms with van der Waals surface area (Å²) >= 11 is 0. The molecule has 0 unspecified atom stereocenters. The molecule has 1 aliphatic rings. The highest BCUT2D eigenvalue weighted by molar-refractivity contribution is 7.89. The van der Waals surface area contributed by atoms with Crippen LogP contribution in [0.2, 0.25) is 0 Å². The molecule has 0 saturated carbocycles. The molecule has 1 atom stereocenters. The van der Waals surface area contributed by atoms with Crippen molar-refractivity contribution < 1.29 is 23.2 Å². The molecule has 0 bridgehead atoms. The van der Waals surface area contributed by atoms with Crippen LogP contribution in [-0.2, 0) is 14.8 Å². The molecule has 0 aromatic heterocycles. The van der Waals surface area contributed by atoms with E-state index in [2.05, 4.69) is 0 Å². The van der Waals surface area contributed by atoms with Crippen LogP contribution in [0.1, 0.15) is 12.8 Å². The number of nitrogens with two attached hydrogens (primary N) is 1. The van der Waals surface area contributed by atoms with Gasteiger partial charge >= 0.3 is 5.97 Å². The average Bonchev–Trinajstić information content (AvgIpc) is 2.85. The summed E-state index contributed by atoms with van der Waals surface area (Å²) in [6.07, 6.45) is 0.967. The summed E-state index contributed by atoms with van der Waals surface area (Å²) < 4.78 is 22.5. The lowest BCUT2D eigenvalue weighted by molar-refractivity contribution is -0.384. The Labute approximate surface area is 120 Å². The number of nitro groups is 1. The first-order chi connectivity index (χ1) is 9.71. The van der Waals surface area contributed by atoms with E-state index in [0.29, 0.717) is 19.4 Å². The standard InChI is InChI=1S/C11H13N3O6S/c12-21(19,20)7-3-4-8(10(6-7)14(17)18)13-5-1-2-9(13)11(15)16/h3-4,6,9H,1-2,5H2,(H,15,16)(H2,12,19,20)/t9-/m0/s1. The van der Waals surface area contributed by atoms with Crippen molar-refractivity contribution in [3.8, 4) is 0 Å². The molecular formula is C11H13N3O6S. The molecule has 114 valence electrons. The zero-order chi connectivity index (χ0) is 15.8. The number of anilines is 1. The van der Waals surface area contributed by atoms with E-state index in [1.54, 1.807) is 0 Å². The number of primary sulfonamides is 1. The second-order valence-corrected chi connectivity index (χ2v) is 6.20. The number of carboxylic acids is 1.